The molecule has 140 valence electrons. The van der Waals surface area contributed by atoms with Gasteiger partial charge in [0, 0.05) is 17.8 Å². The third kappa shape index (κ3) is 4.22. The zero-order valence-electron chi connectivity index (χ0n) is 15.0. The molecule has 1 unspecified atom stereocenters. The van der Waals surface area contributed by atoms with Gasteiger partial charge in [0.15, 0.2) is 6.10 Å². The number of hydrogen-bond donors (Lipinski definition) is 0. The molecule has 8 nitrogen and oxygen atoms in total. The van der Waals surface area contributed by atoms with E-state index in [4.69, 9.17) is 9.47 Å². The maximum atomic E-state index is 11.8. The molecule has 1 atom stereocenters. The van der Waals surface area contributed by atoms with Gasteiger partial charge in [-0.3, -0.25) is 14.5 Å². The van der Waals surface area contributed by atoms with E-state index in [1.54, 1.807) is 35.7 Å². The lowest BCUT2D eigenvalue weighted by atomic mass is 10.1. The van der Waals surface area contributed by atoms with Crippen molar-refractivity contribution in [1.82, 2.24) is 9.38 Å². The molecular weight excluding hydrogens is 350 g/mol. The first-order valence-corrected chi connectivity index (χ1v) is 8.55. The lowest BCUT2D eigenvalue weighted by Gasteiger charge is -2.13. The molecular formula is C19H19N3O5. The standard InChI is InChI=1S/C19H19N3O5/c1-3-10-26-19(23)13(2)27-16-7-4-14(5-8-16)17-12-21-11-15(22(24)25)6-9-18(21)20-17/h4-9,11-13H,3,10H2,1-2H3. The van der Waals surface area contributed by atoms with Crippen LogP contribution in [0.15, 0.2) is 48.8 Å². The number of imidazole rings is 1. The fourth-order valence-corrected chi connectivity index (χ4v) is 2.50. The van der Waals surface area contributed by atoms with E-state index in [0.717, 1.165) is 12.0 Å². The molecule has 27 heavy (non-hydrogen) atoms. The lowest BCUT2D eigenvalue weighted by Crippen LogP contribution is -2.26. The fourth-order valence-electron chi connectivity index (χ4n) is 2.50. The molecule has 1 aromatic carbocycles. The number of carbonyl (C=O) groups is 1. The summed E-state index contributed by atoms with van der Waals surface area (Å²) in [5.41, 5.74) is 2.12. The molecule has 0 bridgehead atoms. The van der Waals surface area contributed by atoms with Gasteiger partial charge in [-0.1, -0.05) is 6.92 Å². The molecule has 8 heteroatoms. The largest absolute Gasteiger partial charge is 0.479 e. The third-order valence-electron chi connectivity index (χ3n) is 3.89. The average Bonchev–Trinajstić information content (AvgIpc) is 3.09. The molecule has 2 heterocycles. The van der Waals surface area contributed by atoms with Crippen LogP contribution in [0.5, 0.6) is 5.75 Å². The van der Waals surface area contributed by atoms with Crippen LogP contribution in [0.4, 0.5) is 5.69 Å². The number of fused-ring (bicyclic) bond motifs is 1. The number of pyridine rings is 1. The number of carbonyl (C=O) groups excluding carboxylic acids is 1. The van der Waals surface area contributed by atoms with Gasteiger partial charge in [-0.25, -0.2) is 9.78 Å². The van der Waals surface area contributed by atoms with Gasteiger partial charge >= 0.3 is 5.97 Å². The van der Waals surface area contributed by atoms with E-state index >= 15 is 0 Å². The summed E-state index contributed by atoms with van der Waals surface area (Å²) >= 11 is 0. The second kappa shape index (κ2) is 7.86. The summed E-state index contributed by atoms with van der Waals surface area (Å²) in [5, 5.41) is 10.9. The summed E-state index contributed by atoms with van der Waals surface area (Å²) in [6.07, 6.45) is 3.21. The van der Waals surface area contributed by atoms with E-state index in [0.29, 0.717) is 23.7 Å². The quantitative estimate of drug-likeness (QED) is 0.358. The van der Waals surface area contributed by atoms with Gasteiger partial charge in [-0.05, 0) is 43.7 Å². The summed E-state index contributed by atoms with van der Waals surface area (Å²) in [4.78, 5) is 26.7. The summed E-state index contributed by atoms with van der Waals surface area (Å²) in [6.45, 7) is 3.94. The average molecular weight is 369 g/mol. The Morgan fingerprint density at radius 3 is 2.63 bits per heavy atom. The Morgan fingerprint density at radius 2 is 1.96 bits per heavy atom. The van der Waals surface area contributed by atoms with E-state index in [1.165, 1.54) is 12.3 Å². The topological polar surface area (TPSA) is 96.0 Å². The van der Waals surface area contributed by atoms with Crippen LogP contribution in [0, 0.1) is 10.1 Å². The predicted molar refractivity (Wildman–Crippen MR) is 98.6 cm³/mol. The summed E-state index contributed by atoms with van der Waals surface area (Å²) in [6, 6.07) is 10.1. The molecule has 0 saturated heterocycles. The minimum Gasteiger partial charge on any atom is -0.479 e. The highest BCUT2D eigenvalue weighted by Crippen LogP contribution is 2.24. The van der Waals surface area contributed by atoms with Gasteiger partial charge < -0.3 is 9.47 Å². The van der Waals surface area contributed by atoms with Crippen LogP contribution < -0.4 is 4.74 Å². The van der Waals surface area contributed by atoms with Crippen molar-refractivity contribution in [2.24, 2.45) is 0 Å². The van der Waals surface area contributed by atoms with Gasteiger partial charge in [0.05, 0.1) is 23.4 Å². The zero-order valence-corrected chi connectivity index (χ0v) is 15.0. The number of esters is 1. The minimum absolute atomic E-state index is 0.000792. The number of nitrogens with zero attached hydrogens (tertiary/aromatic N) is 3. The van der Waals surface area contributed by atoms with Crippen molar-refractivity contribution in [3.63, 3.8) is 0 Å². The Kier molecular flexibility index (Phi) is 5.35. The highest BCUT2D eigenvalue weighted by molar-refractivity contribution is 5.74. The van der Waals surface area contributed by atoms with Crippen molar-refractivity contribution in [3.8, 4) is 17.0 Å². The summed E-state index contributed by atoms with van der Waals surface area (Å²) in [7, 11) is 0. The fraction of sp³-hybridized carbons (Fsp3) is 0.263. The number of rotatable bonds is 7. The van der Waals surface area contributed by atoms with Crippen LogP contribution in [0.1, 0.15) is 20.3 Å². The van der Waals surface area contributed by atoms with Gasteiger partial charge in [0.1, 0.15) is 11.4 Å². The van der Waals surface area contributed by atoms with E-state index in [1.807, 2.05) is 19.1 Å². The molecule has 0 spiro atoms. The van der Waals surface area contributed by atoms with Gasteiger partial charge in [0.2, 0.25) is 0 Å². The number of aromatic nitrogens is 2. The van der Waals surface area contributed by atoms with Crippen molar-refractivity contribution in [2.45, 2.75) is 26.4 Å². The maximum absolute atomic E-state index is 11.8. The molecule has 0 aliphatic heterocycles. The van der Waals surface area contributed by atoms with Crippen molar-refractivity contribution >= 4 is 17.3 Å². The highest BCUT2D eigenvalue weighted by atomic mass is 16.6. The monoisotopic (exact) mass is 369 g/mol. The summed E-state index contributed by atoms with van der Waals surface area (Å²) in [5.74, 6) is 0.141. The van der Waals surface area contributed by atoms with Crippen LogP contribution in [-0.4, -0.2) is 33.0 Å². The molecule has 3 rings (SSSR count). The predicted octanol–water partition coefficient (Wildman–Crippen LogP) is 3.63. The molecule has 0 radical (unpaired) electrons. The first-order valence-electron chi connectivity index (χ1n) is 8.55. The molecule has 0 fully saturated rings. The molecule has 0 aliphatic rings. The molecule has 3 aromatic rings. The van der Waals surface area contributed by atoms with Gasteiger partial charge in [-0.2, -0.15) is 0 Å². The van der Waals surface area contributed by atoms with Crippen LogP contribution in [0.3, 0.4) is 0 Å². The zero-order chi connectivity index (χ0) is 19.4. The first-order chi connectivity index (χ1) is 13.0. The normalized spacial score (nSPS) is 11.9. The molecule has 0 saturated carbocycles. The van der Waals surface area contributed by atoms with Crippen molar-refractivity contribution in [3.05, 3.63) is 58.9 Å². The van der Waals surface area contributed by atoms with Gasteiger partial charge in [0.25, 0.3) is 5.69 Å². The minimum atomic E-state index is -0.696. The Bertz CT molecular complexity index is 965. The van der Waals surface area contributed by atoms with E-state index in [-0.39, 0.29) is 5.69 Å². The second-order valence-electron chi connectivity index (χ2n) is 5.99. The molecule has 0 amide bonds. The summed E-state index contributed by atoms with van der Waals surface area (Å²) < 4.78 is 12.3. The Hall–Kier alpha value is -3.42. The smallest absolute Gasteiger partial charge is 0.347 e. The van der Waals surface area contributed by atoms with E-state index in [9.17, 15) is 14.9 Å². The van der Waals surface area contributed by atoms with Gasteiger partial charge in [-0.15, -0.1) is 0 Å². The first kappa shape index (κ1) is 18.4. The number of nitro groups is 1. The van der Waals surface area contributed by atoms with Crippen molar-refractivity contribution in [2.75, 3.05) is 6.61 Å². The van der Waals surface area contributed by atoms with Crippen molar-refractivity contribution < 1.29 is 19.2 Å². The van der Waals surface area contributed by atoms with Crippen LogP contribution >= 0.6 is 0 Å². The molecule has 0 aliphatic carbocycles. The number of ether oxygens (including phenoxy) is 2. The molecule has 2 aromatic heterocycles. The molecule has 0 N–H and O–H groups in total. The van der Waals surface area contributed by atoms with E-state index < -0.39 is 17.0 Å². The number of hydrogen-bond acceptors (Lipinski definition) is 6. The van der Waals surface area contributed by atoms with Crippen LogP contribution in [0.25, 0.3) is 16.9 Å². The Morgan fingerprint density at radius 1 is 1.22 bits per heavy atom. The lowest BCUT2D eigenvalue weighted by molar-refractivity contribution is -0.385. The van der Waals surface area contributed by atoms with E-state index in [2.05, 4.69) is 4.98 Å². The maximum Gasteiger partial charge on any atom is 0.347 e. The van der Waals surface area contributed by atoms with Crippen LogP contribution in [0.2, 0.25) is 0 Å². The Labute approximate surface area is 155 Å². The SMILES string of the molecule is CCCOC(=O)C(C)Oc1ccc(-c2cn3cc([N+](=O)[O-])ccc3n2)cc1. The van der Waals surface area contributed by atoms with Crippen LogP contribution in [-0.2, 0) is 9.53 Å². The number of benzene rings is 1. The second-order valence-corrected chi connectivity index (χ2v) is 5.99. The Balaban J connectivity index is 1.74. The highest BCUT2D eigenvalue weighted by Gasteiger charge is 2.16. The third-order valence-corrected chi connectivity index (χ3v) is 3.89. The van der Waals surface area contributed by atoms with Crippen molar-refractivity contribution in [1.29, 1.82) is 0 Å².